The lowest BCUT2D eigenvalue weighted by Crippen LogP contribution is -2.22. The summed E-state index contributed by atoms with van der Waals surface area (Å²) in [6.07, 6.45) is 1.86. The molecule has 0 aliphatic heterocycles. The molecular weight excluding hydrogens is 390 g/mol. The van der Waals surface area contributed by atoms with Gasteiger partial charge in [0.05, 0.1) is 23.8 Å². The molecule has 5 rings (SSSR count). The topological polar surface area (TPSA) is 73.5 Å². The maximum absolute atomic E-state index is 13.8. The maximum atomic E-state index is 13.8. The monoisotopic (exact) mass is 411 g/mol. The second kappa shape index (κ2) is 7.60. The predicted octanol–water partition coefficient (Wildman–Crippen LogP) is 4.27. The third-order valence-corrected chi connectivity index (χ3v) is 5.32. The van der Waals surface area contributed by atoms with Gasteiger partial charge in [-0.1, -0.05) is 30.3 Å². The van der Waals surface area contributed by atoms with Crippen molar-refractivity contribution >= 4 is 27.9 Å². The standard InChI is InChI=1S/C24H21N5O2/c1-28-21-12-4-3-11-19(21)22(27-28)24(30)23(25-16-8-7-10-18(14-16)31-2)20-15-17-9-5-6-13-29(17)26-20/h3-15,23,25H,1-2H3. The molecule has 0 radical (unpaired) electrons. The molecule has 0 saturated carbocycles. The smallest absolute Gasteiger partial charge is 0.212 e. The molecule has 0 fully saturated rings. The first kappa shape index (κ1) is 18.9. The van der Waals surface area contributed by atoms with Crippen molar-refractivity contribution in [3.8, 4) is 5.75 Å². The lowest BCUT2D eigenvalue weighted by atomic mass is 10.0. The molecule has 0 aliphatic rings. The van der Waals surface area contributed by atoms with E-state index in [2.05, 4.69) is 15.5 Å². The molecule has 0 spiro atoms. The Morgan fingerprint density at radius 3 is 2.68 bits per heavy atom. The number of fused-ring (bicyclic) bond motifs is 2. The van der Waals surface area contributed by atoms with E-state index in [9.17, 15) is 4.79 Å². The number of aromatic nitrogens is 4. The highest BCUT2D eigenvalue weighted by Crippen LogP contribution is 2.28. The van der Waals surface area contributed by atoms with Gasteiger partial charge in [0.2, 0.25) is 5.78 Å². The van der Waals surface area contributed by atoms with Crippen LogP contribution in [0.4, 0.5) is 5.69 Å². The van der Waals surface area contributed by atoms with Crippen LogP contribution in [0.1, 0.15) is 22.2 Å². The summed E-state index contributed by atoms with van der Waals surface area (Å²) in [7, 11) is 3.46. The number of ether oxygens (including phenoxy) is 1. The van der Waals surface area contributed by atoms with Gasteiger partial charge in [0.1, 0.15) is 17.5 Å². The van der Waals surface area contributed by atoms with Crippen LogP contribution in [0.3, 0.4) is 0 Å². The minimum Gasteiger partial charge on any atom is -0.497 e. The molecule has 1 unspecified atom stereocenters. The number of rotatable bonds is 6. The second-order valence-corrected chi connectivity index (χ2v) is 7.30. The first-order valence-electron chi connectivity index (χ1n) is 9.95. The SMILES string of the molecule is COc1cccc(NC(C(=O)c2nn(C)c3ccccc23)c2cc3ccccn3n2)c1. The summed E-state index contributed by atoms with van der Waals surface area (Å²) in [4.78, 5) is 13.8. The van der Waals surface area contributed by atoms with Gasteiger partial charge in [0.15, 0.2) is 0 Å². The zero-order chi connectivity index (χ0) is 21.4. The van der Waals surface area contributed by atoms with E-state index in [-0.39, 0.29) is 5.78 Å². The van der Waals surface area contributed by atoms with Gasteiger partial charge in [-0.3, -0.25) is 9.48 Å². The molecule has 3 heterocycles. The molecule has 1 N–H and O–H groups in total. The number of methoxy groups -OCH3 is 1. The van der Waals surface area contributed by atoms with Crippen LogP contribution in [0, 0.1) is 0 Å². The van der Waals surface area contributed by atoms with Gasteiger partial charge in [0, 0.05) is 30.4 Å². The molecule has 31 heavy (non-hydrogen) atoms. The first-order valence-corrected chi connectivity index (χ1v) is 9.95. The summed E-state index contributed by atoms with van der Waals surface area (Å²) in [6, 6.07) is 22.2. The number of pyridine rings is 1. The molecular formula is C24H21N5O2. The van der Waals surface area contributed by atoms with Crippen LogP contribution < -0.4 is 10.1 Å². The second-order valence-electron chi connectivity index (χ2n) is 7.30. The Labute approximate surface area is 178 Å². The molecule has 1 atom stereocenters. The summed E-state index contributed by atoms with van der Waals surface area (Å²) in [6.45, 7) is 0. The van der Waals surface area contributed by atoms with E-state index in [1.165, 1.54) is 0 Å². The Balaban J connectivity index is 1.62. The fraction of sp³-hybridized carbons (Fsp3) is 0.125. The van der Waals surface area contributed by atoms with Crippen LogP contribution in [0.15, 0.2) is 79.0 Å². The number of carbonyl (C=O) groups is 1. The Hall–Kier alpha value is -4.13. The third kappa shape index (κ3) is 3.40. The van der Waals surface area contributed by atoms with Crippen molar-refractivity contribution in [2.24, 2.45) is 7.05 Å². The zero-order valence-corrected chi connectivity index (χ0v) is 17.2. The molecule has 154 valence electrons. The van der Waals surface area contributed by atoms with Gasteiger partial charge in [0.25, 0.3) is 0 Å². The molecule has 2 aromatic carbocycles. The van der Waals surface area contributed by atoms with E-state index in [1.807, 2.05) is 86.0 Å². The normalized spacial score (nSPS) is 12.2. The summed E-state index contributed by atoms with van der Waals surface area (Å²) in [5.74, 6) is 0.553. The van der Waals surface area contributed by atoms with E-state index in [4.69, 9.17) is 4.74 Å². The summed E-state index contributed by atoms with van der Waals surface area (Å²) in [5, 5.41) is 13.4. The molecule has 0 saturated heterocycles. The number of Topliss-reactive ketones (excluding diaryl/α,β-unsaturated/α-hetero) is 1. The minimum atomic E-state index is -0.717. The van der Waals surface area contributed by atoms with Gasteiger partial charge in [-0.25, -0.2) is 4.52 Å². The van der Waals surface area contributed by atoms with E-state index >= 15 is 0 Å². The van der Waals surface area contributed by atoms with E-state index < -0.39 is 6.04 Å². The van der Waals surface area contributed by atoms with Crippen LogP contribution in [0.2, 0.25) is 0 Å². The minimum absolute atomic E-state index is 0.150. The number of para-hydroxylation sites is 1. The molecule has 3 aromatic heterocycles. The number of hydrogen-bond acceptors (Lipinski definition) is 5. The highest BCUT2D eigenvalue weighted by atomic mass is 16.5. The Morgan fingerprint density at radius 1 is 1.00 bits per heavy atom. The largest absolute Gasteiger partial charge is 0.497 e. The quantitative estimate of drug-likeness (QED) is 0.423. The van der Waals surface area contributed by atoms with Gasteiger partial charge >= 0.3 is 0 Å². The number of aryl methyl sites for hydroxylation is 1. The fourth-order valence-corrected chi connectivity index (χ4v) is 3.78. The fourth-order valence-electron chi connectivity index (χ4n) is 3.78. The van der Waals surface area contributed by atoms with Crippen LogP contribution in [0.5, 0.6) is 5.75 Å². The van der Waals surface area contributed by atoms with Crippen LogP contribution >= 0.6 is 0 Å². The number of nitrogens with zero attached hydrogens (tertiary/aromatic N) is 4. The predicted molar refractivity (Wildman–Crippen MR) is 120 cm³/mol. The number of ketones is 1. The van der Waals surface area contributed by atoms with E-state index in [0.29, 0.717) is 17.1 Å². The molecule has 0 aliphatic carbocycles. The third-order valence-electron chi connectivity index (χ3n) is 5.32. The number of anilines is 1. The van der Waals surface area contributed by atoms with Crippen LogP contribution in [0.25, 0.3) is 16.4 Å². The Kier molecular flexibility index (Phi) is 4.63. The number of carbonyl (C=O) groups excluding carboxylic acids is 1. The van der Waals surface area contributed by atoms with Crippen LogP contribution in [-0.4, -0.2) is 32.3 Å². The number of hydrogen-bond donors (Lipinski definition) is 1. The highest BCUT2D eigenvalue weighted by molar-refractivity contribution is 6.09. The molecule has 0 amide bonds. The van der Waals surface area contributed by atoms with Crippen LogP contribution in [-0.2, 0) is 7.05 Å². The average Bonchev–Trinajstić information content (AvgIpc) is 3.38. The van der Waals surface area contributed by atoms with Gasteiger partial charge in [-0.15, -0.1) is 0 Å². The van der Waals surface area contributed by atoms with Gasteiger partial charge in [-0.2, -0.15) is 10.2 Å². The Morgan fingerprint density at radius 2 is 1.84 bits per heavy atom. The zero-order valence-electron chi connectivity index (χ0n) is 17.2. The molecule has 7 nitrogen and oxygen atoms in total. The summed E-state index contributed by atoms with van der Waals surface area (Å²) >= 11 is 0. The van der Waals surface area contributed by atoms with Crippen molar-refractivity contribution in [2.45, 2.75) is 6.04 Å². The van der Waals surface area contributed by atoms with Crippen molar-refractivity contribution in [2.75, 3.05) is 12.4 Å². The summed E-state index contributed by atoms with van der Waals surface area (Å²) < 4.78 is 8.83. The average molecular weight is 411 g/mol. The van der Waals surface area contributed by atoms with E-state index in [0.717, 1.165) is 22.1 Å². The van der Waals surface area contributed by atoms with E-state index in [1.54, 1.807) is 16.3 Å². The lowest BCUT2D eigenvalue weighted by molar-refractivity contribution is 0.0964. The van der Waals surface area contributed by atoms with Crippen molar-refractivity contribution in [3.05, 3.63) is 90.4 Å². The van der Waals surface area contributed by atoms with Gasteiger partial charge < -0.3 is 10.1 Å². The first-order chi connectivity index (χ1) is 15.1. The summed E-state index contributed by atoms with van der Waals surface area (Å²) in [5.41, 5.74) is 3.61. The number of nitrogens with one attached hydrogen (secondary N) is 1. The number of benzene rings is 2. The van der Waals surface area contributed by atoms with Crippen molar-refractivity contribution in [1.82, 2.24) is 19.4 Å². The van der Waals surface area contributed by atoms with Gasteiger partial charge in [-0.05, 0) is 36.4 Å². The maximum Gasteiger partial charge on any atom is 0.212 e. The molecule has 0 bridgehead atoms. The Bertz CT molecular complexity index is 1370. The van der Waals surface area contributed by atoms with Crippen molar-refractivity contribution in [3.63, 3.8) is 0 Å². The molecule has 7 heteroatoms. The van der Waals surface area contributed by atoms with Crippen molar-refractivity contribution < 1.29 is 9.53 Å². The van der Waals surface area contributed by atoms with Crippen molar-refractivity contribution in [1.29, 1.82) is 0 Å². The highest BCUT2D eigenvalue weighted by Gasteiger charge is 2.29. The molecule has 5 aromatic rings. The lowest BCUT2D eigenvalue weighted by Gasteiger charge is -2.17.